The van der Waals surface area contributed by atoms with Gasteiger partial charge in [0.05, 0.1) is 0 Å². The average molecular weight is 471 g/mol. The lowest BCUT2D eigenvalue weighted by molar-refractivity contribution is 0.475. The molecule has 1 heteroatoms. The maximum atomic E-state index is 9.69. The molecule has 0 aliphatic heterocycles. The Hall–Kier alpha value is -4.10. The second-order valence-electron chi connectivity index (χ2n) is 8.73. The fourth-order valence-corrected chi connectivity index (χ4v) is 4.68. The van der Waals surface area contributed by atoms with Crippen molar-refractivity contribution in [3.63, 3.8) is 0 Å². The number of allylic oxidation sites excluding steroid dienone is 2. The lowest BCUT2D eigenvalue weighted by Gasteiger charge is -2.16. The van der Waals surface area contributed by atoms with E-state index in [0.29, 0.717) is 5.75 Å². The molecule has 36 heavy (non-hydrogen) atoms. The molecule has 0 bridgehead atoms. The van der Waals surface area contributed by atoms with Crippen molar-refractivity contribution in [2.75, 3.05) is 0 Å². The van der Waals surface area contributed by atoms with Gasteiger partial charge in [0.15, 0.2) is 0 Å². The van der Waals surface area contributed by atoms with E-state index in [4.69, 9.17) is 0 Å². The monoisotopic (exact) mass is 470 g/mol. The molecule has 0 saturated heterocycles. The molecule has 0 unspecified atom stereocenters. The van der Waals surface area contributed by atoms with Gasteiger partial charge in [0.1, 0.15) is 5.75 Å². The molecule has 0 aromatic heterocycles. The smallest absolute Gasteiger partial charge is 0.115 e. The van der Waals surface area contributed by atoms with E-state index in [1.165, 1.54) is 54.6 Å². The number of benzene rings is 6. The third-order valence-electron chi connectivity index (χ3n) is 6.54. The Morgan fingerprint density at radius 2 is 0.889 bits per heavy atom. The highest BCUT2D eigenvalue weighted by molar-refractivity contribution is 6.27. The molecule has 0 saturated carbocycles. The van der Waals surface area contributed by atoms with Gasteiger partial charge in [0.25, 0.3) is 0 Å². The van der Waals surface area contributed by atoms with Crippen molar-refractivity contribution < 1.29 is 5.11 Å². The van der Waals surface area contributed by atoms with E-state index < -0.39 is 0 Å². The Kier molecular flexibility index (Phi) is 7.71. The fourth-order valence-electron chi connectivity index (χ4n) is 4.68. The van der Waals surface area contributed by atoms with Crippen LogP contribution in [0.3, 0.4) is 0 Å². The van der Waals surface area contributed by atoms with Gasteiger partial charge in [-0.3, -0.25) is 0 Å². The normalized spacial score (nSPS) is 10.9. The molecule has 0 radical (unpaired) electrons. The molecule has 1 nitrogen and oxygen atoms in total. The van der Waals surface area contributed by atoms with Crippen LogP contribution in [-0.4, -0.2) is 5.11 Å². The quantitative estimate of drug-likeness (QED) is 0.197. The van der Waals surface area contributed by atoms with E-state index >= 15 is 0 Å². The van der Waals surface area contributed by atoms with Crippen LogP contribution in [0.1, 0.15) is 33.3 Å². The van der Waals surface area contributed by atoms with E-state index in [1.807, 2.05) is 52.0 Å². The summed E-state index contributed by atoms with van der Waals surface area (Å²) in [6.45, 7) is 10.1. The lowest BCUT2D eigenvalue weighted by atomic mass is 9.87. The number of phenols is 1. The first-order valence-electron chi connectivity index (χ1n) is 12.7. The molecule has 0 spiro atoms. The van der Waals surface area contributed by atoms with Crippen LogP contribution >= 0.6 is 0 Å². The minimum Gasteiger partial charge on any atom is -0.508 e. The zero-order chi connectivity index (χ0) is 25.7. The summed E-state index contributed by atoms with van der Waals surface area (Å²) in [5.41, 5.74) is 6.10. The second kappa shape index (κ2) is 11.1. The van der Waals surface area contributed by atoms with Crippen molar-refractivity contribution in [3.8, 4) is 28.0 Å². The van der Waals surface area contributed by atoms with Gasteiger partial charge >= 0.3 is 0 Å². The SMILES string of the molecule is C/C=C\C.CC.Cc1ccc(-c2ccc3ccc4c(-c5ccc(O)cc5)ccc5ccc2c3c54)cc1. The Morgan fingerprint density at radius 1 is 0.500 bits per heavy atom. The van der Waals surface area contributed by atoms with Gasteiger partial charge in [-0.1, -0.05) is 116 Å². The third kappa shape index (κ3) is 4.70. The molecule has 1 N–H and O–H groups in total. The molecule has 0 atom stereocenters. The number of phenolic OH excluding ortho intramolecular Hbond substituents is 1. The average Bonchev–Trinajstić information content (AvgIpc) is 2.94. The topological polar surface area (TPSA) is 20.2 Å². The largest absolute Gasteiger partial charge is 0.508 e. The third-order valence-corrected chi connectivity index (χ3v) is 6.54. The van der Waals surface area contributed by atoms with Crippen LogP contribution in [0.2, 0.25) is 0 Å². The first kappa shape index (κ1) is 25.0. The minimum absolute atomic E-state index is 0.291. The van der Waals surface area contributed by atoms with Crippen molar-refractivity contribution in [1.82, 2.24) is 0 Å². The zero-order valence-electron chi connectivity index (χ0n) is 21.8. The summed E-state index contributed by atoms with van der Waals surface area (Å²) >= 11 is 0. The summed E-state index contributed by atoms with van der Waals surface area (Å²) < 4.78 is 0. The van der Waals surface area contributed by atoms with Crippen LogP contribution in [0, 0.1) is 6.92 Å². The van der Waals surface area contributed by atoms with E-state index in [9.17, 15) is 5.11 Å². The summed E-state index contributed by atoms with van der Waals surface area (Å²) in [4.78, 5) is 0. The van der Waals surface area contributed by atoms with Gasteiger partial charge in [-0.05, 0) is 87.5 Å². The summed E-state index contributed by atoms with van der Waals surface area (Å²) in [5.74, 6) is 0.291. The maximum absolute atomic E-state index is 9.69. The number of aromatic hydroxyl groups is 1. The van der Waals surface area contributed by atoms with Gasteiger partial charge in [-0.25, -0.2) is 0 Å². The molecule has 6 aromatic carbocycles. The second-order valence-corrected chi connectivity index (χ2v) is 8.73. The van der Waals surface area contributed by atoms with Crippen LogP contribution in [0.25, 0.3) is 54.6 Å². The zero-order valence-corrected chi connectivity index (χ0v) is 21.8. The predicted octanol–water partition coefficient (Wildman–Crippen LogP) is 10.5. The van der Waals surface area contributed by atoms with E-state index in [2.05, 4.69) is 79.7 Å². The van der Waals surface area contributed by atoms with Crippen molar-refractivity contribution in [2.24, 2.45) is 0 Å². The van der Waals surface area contributed by atoms with Gasteiger partial charge in [0, 0.05) is 0 Å². The van der Waals surface area contributed by atoms with Crippen molar-refractivity contribution in [1.29, 1.82) is 0 Å². The highest BCUT2D eigenvalue weighted by Crippen LogP contribution is 2.42. The Bertz CT molecular complexity index is 1480. The van der Waals surface area contributed by atoms with Gasteiger partial charge in [-0.2, -0.15) is 0 Å². The van der Waals surface area contributed by atoms with Gasteiger partial charge < -0.3 is 5.11 Å². The van der Waals surface area contributed by atoms with E-state index in [0.717, 1.165) is 5.56 Å². The number of aryl methyl sites for hydroxylation is 1. The molecular weight excluding hydrogens is 436 g/mol. The minimum atomic E-state index is 0.291. The molecule has 0 aliphatic rings. The number of hydrogen-bond acceptors (Lipinski definition) is 1. The highest BCUT2D eigenvalue weighted by Gasteiger charge is 2.14. The molecule has 0 fully saturated rings. The summed E-state index contributed by atoms with van der Waals surface area (Å²) in [5, 5.41) is 17.4. The highest BCUT2D eigenvalue weighted by atomic mass is 16.3. The number of rotatable bonds is 2. The fraction of sp³-hybridized carbons (Fsp3) is 0.143. The maximum Gasteiger partial charge on any atom is 0.115 e. The van der Waals surface area contributed by atoms with Crippen molar-refractivity contribution in [3.05, 3.63) is 115 Å². The van der Waals surface area contributed by atoms with Crippen molar-refractivity contribution in [2.45, 2.75) is 34.6 Å². The molecule has 0 heterocycles. The van der Waals surface area contributed by atoms with E-state index in [-0.39, 0.29) is 0 Å². The molecule has 0 amide bonds. The Morgan fingerprint density at radius 3 is 1.31 bits per heavy atom. The standard InChI is InChI=1S/C29H20O.C4H8.C2H6/c1-18-2-4-19(5-3-18)24-14-8-21-11-17-27-25(20-6-12-23(30)13-7-20)15-9-22-10-16-26(24)28(21)29(22)27;1-3-4-2;1-2/h2-17,30H,1H3;3-4H,1-2H3;1-2H3/b;4-3-;. The first-order valence-corrected chi connectivity index (χ1v) is 12.7. The van der Waals surface area contributed by atoms with Crippen LogP contribution in [0.4, 0.5) is 0 Å². The number of hydrogen-bond donors (Lipinski definition) is 1. The summed E-state index contributed by atoms with van der Waals surface area (Å²) in [7, 11) is 0. The van der Waals surface area contributed by atoms with Crippen LogP contribution in [0.15, 0.2) is 109 Å². The van der Waals surface area contributed by atoms with Gasteiger partial charge in [-0.15, -0.1) is 0 Å². The molecule has 0 aliphatic carbocycles. The van der Waals surface area contributed by atoms with Crippen LogP contribution in [0.5, 0.6) is 5.75 Å². The molecular formula is C35H34O. The first-order chi connectivity index (χ1) is 17.6. The Balaban J connectivity index is 0.000000465. The molecule has 180 valence electrons. The summed E-state index contributed by atoms with van der Waals surface area (Å²) in [6.07, 6.45) is 4.00. The van der Waals surface area contributed by atoms with Crippen LogP contribution in [-0.2, 0) is 0 Å². The summed E-state index contributed by atoms with van der Waals surface area (Å²) in [6, 6.07) is 34.1. The van der Waals surface area contributed by atoms with Crippen molar-refractivity contribution >= 4 is 32.3 Å². The Labute approximate surface area is 214 Å². The molecule has 6 rings (SSSR count). The van der Waals surface area contributed by atoms with Crippen LogP contribution < -0.4 is 0 Å². The molecule has 6 aromatic rings. The lowest BCUT2D eigenvalue weighted by Crippen LogP contribution is -1.89. The van der Waals surface area contributed by atoms with E-state index in [1.54, 1.807) is 12.1 Å². The van der Waals surface area contributed by atoms with Gasteiger partial charge in [0.2, 0.25) is 0 Å². The predicted molar refractivity (Wildman–Crippen MR) is 159 cm³/mol.